The molecule has 2 aliphatic heterocycles. The molecule has 1 spiro atoms. The number of ether oxygens (including phenoxy) is 2. The van der Waals surface area contributed by atoms with Crippen molar-refractivity contribution in [1.29, 1.82) is 0 Å². The van der Waals surface area contributed by atoms with E-state index in [9.17, 15) is 9.59 Å². The van der Waals surface area contributed by atoms with E-state index in [1.165, 1.54) is 0 Å². The number of carbonyl (C=O) groups excluding carboxylic acids is 2. The number of nitrogens with one attached hydrogen (secondary N) is 1. The molecule has 0 bridgehead atoms. The fourth-order valence-corrected chi connectivity index (χ4v) is 4.75. The van der Waals surface area contributed by atoms with Gasteiger partial charge in [0.25, 0.3) is 5.91 Å². The first-order chi connectivity index (χ1) is 17.6. The molecule has 1 N–H and O–H groups in total. The highest BCUT2D eigenvalue weighted by atomic mass is 16.6. The molecule has 37 heavy (non-hydrogen) atoms. The Bertz CT molecular complexity index is 1140. The van der Waals surface area contributed by atoms with E-state index in [4.69, 9.17) is 9.47 Å². The summed E-state index contributed by atoms with van der Waals surface area (Å²) >= 11 is 0. The number of benzene rings is 2. The maximum absolute atomic E-state index is 12.6. The van der Waals surface area contributed by atoms with Crippen LogP contribution in [0, 0.1) is 0 Å². The molecule has 7 nitrogen and oxygen atoms in total. The van der Waals surface area contributed by atoms with Gasteiger partial charge < -0.3 is 24.6 Å². The standard InChI is InChI=1S/C30H39N3O4/c1-29(2,3)37-28(35)33-19-15-30(16-20-33)21-25(24-9-6-7-10-26(24)36-30)22-11-13-23(14-12-22)27(34)31-17-8-18-32(4)5/h6-7,9-14,21H,8,15-20H2,1-5H3,(H,31,34). The number of amides is 2. The molecule has 2 amide bonds. The molecule has 0 aliphatic carbocycles. The van der Waals surface area contributed by atoms with E-state index < -0.39 is 11.2 Å². The summed E-state index contributed by atoms with van der Waals surface area (Å²) < 4.78 is 12.1. The lowest BCUT2D eigenvalue weighted by molar-refractivity contribution is -0.00116. The zero-order valence-electron chi connectivity index (χ0n) is 22.7. The van der Waals surface area contributed by atoms with Crippen molar-refractivity contribution in [3.8, 4) is 5.75 Å². The van der Waals surface area contributed by atoms with Gasteiger partial charge in [0.15, 0.2) is 0 Å². The van der Waals surface area contributed by atoms with E-state index in [-0.39, 0.29) is 12.0 Å². The van der Waals surface area contributed by atoms with Crippen LogP contribution in [-0.2, 0) is 4.74 Å². The Hall–Kier alpha value is -3.32. The second kappa shape index (κ2) is 11.0. The number of hydrogen-bond acceptors (Lipinski definition) is 5. The second-order valence-electron chi connectivity index (χ2n) is 11.2. The summed E-state index contributed by atoms with van der Waals surface area (Å²) in [6.45, 7) is 8.36. The zero-order valence-corrected chi connectivity index (χ0v) is 22.7. The Morgan fingerprint density at radius 3 is 2.38 bits per heavy atom. The van der Waals surface area contributed by atoms with E-state index in [1.807, 2.05) is 77.3 Å². The lowest BCUT2D eigenvalue weighted by Gasteiger charge is -2.43. The molecule has 1 saturated heterocycles. The minimum absolute atomic E-state index is 0.0577. The van der Waals surface area contributed by atoms with Crippen LogP contribution in [0.15, 0.2) is 54.6 Å². The van der Waals surface area contributed by atoms with E-state index >= 15 is 0 Å². The minimum atomic E-state index is -0.519. The van der Waals surface area contributed by atoms with Gasteiger partial charge in [0, 0.05) is 43.6 Å². The van der Waals surface area contributed by atoms with Gasteiger partial charge in [-0.2, -0.15) is 0 Å². The minimum Gasteiger partial charge on any atom is -0.482 e. The Morgan fingerprint density at radius 2 is 1.73 bits per heavy atom. The number of carbonyl (C=O) groups is 2. The highest BCUT2D eigenvalue weighted by Crippen LogP contribution is 2.43. The zero-order chi connectivity index (χ0) is 26.6. The summed E-state index contributed by atoms with van der Waals surface area (Å²) in [5.74, 6) is 0.783. The Labute approximate surface area is 220 Å². The molecule has 1 fully saturated rings. The van der Waals surface area contributed by atoms with Crippen molar-refractivity contribution in [1.82, 2.24) is 15.1 Å². The molecule has 0 saturated carbocycles. The van der Waals surface area contributed by atoms with Crippen molar-refractivity contribution in [2.45, 2.75) is 51.2 Å². The van der Waals surface area contributed by atoms with Crippen LogP contribution in [0.4, 0.5) is 4.79 Å². The number of rotatable bonds is 6. The number of nitrogens with zero attached hydrogens (tertiary/aromatic N) is 2. The van der Waals surface area contributed by atoms with Gasteiger partial charge in [-0.05, 0) is 83.2 Å². The van der Waals surface area contributed by atoms with Gasteiger partial charge >= 0.3 is 6.09 Å². The molecular formula is C30H39N3O4. The van der Waals surface area contributed by atoms with Crippen molar-refractivity contribution < 1.29 is 19.1 Å². The average Bonchev–Trinajstić information content (AvgIpc) is 2.85. The van der Waals surface area contributed by atoms with Crippen molar-refractivity contribution in [2.75, 3.05) is 40.3 Å². The molecule has 7 heteroatoms. The fraction of sp³-hybridized carbons (Fsp3) is 0.467. The van der Waals surface area contributed by atoms with Gasteiger partial charge in [-0.25, -0.2) is 4.79 Å². The fourth-order valence-electron chi connectivity index (χ4n) is 4.75. The SMILES string of the molecule is CN(C)CCCNC(=O)c1ccc(C2=CC3(CCN(C(=O)OC(C)(C)C)CC3)Oc3ccccc32)cc1. The third-order valence-corrected chi connectivity index (χ3v) is 6.69. The van der Waals surface area contributed by atoms with Crippen LogP contribution in [0.3, 0.4) is 0 Å². The molecule has 2 aliphatic rings. The molecule has 2 aromatic rings. The number of fused-ring (bicyclic) bond motifs is 1. The van der Waals surface area contributed by atoms with Crippen molar-refractivity contribution in [3.05, 3.63) is 71.3 Å². The van der Waals surface area contributed by atoms with Crippen molar-refractivity contribution in [2.24, 2.45) is 0 Å². The van der Waals surface area contributed by atoms with Gasteiger partial charge in [0.1, 0.15) is 17.0 Å². The Kier molecular flexibility index (Phi) is 7.93. The van der Waals surface area contributed by atoms with E-state index in [2.05, 4.69) is 22.4 Å². The lowest BCUT2D eigenvalue weighted by Crippen LogP contribution is -2.50. The monoisotopic (exact) mass is 505 g/mol. The van der Waals surface area contributed by atoms with E-state index in [0.717, 1.165) is 35.4 Å². The van der Waals surface area contributed by atoms with Gasteiger partial charge in [-0.15, -0.1) is 0 Å². The summed E-state index contributed by atoms with van der Waals surface area (Å²) in [5, 5.41) is 3.00. The first kappa shape index (κ1) is 26.7. The van der Waals surface area contributed by atoms with Gasteiger partial charge in [-0.1, -0.05) is 30.3 Å². The van der Waals surface area contributed by atoms with E-state index in [1.54, 1.807) is 4.90 Å². The Balaban J connectivity index is 1.50. The average molecular weight is 506 g/mol. The maximum Gasteiger partial charge on any atom is 0.410 e. The maximum atomic E-state index is 12.6. The summed E-state index contributed by atoms with van der Waals surface area (Å²) in [7, 11) is 4.05. The third-order valence-electron chi connectivity index (χ3n) is 6.69. The first-order valence-corrected chi connectivity index (χ1v) is 13.1. The van der Waals surface area contributed by atoms with Crippen LogP contribution in [-0.4, -0.2) is 73.3 Å². The number of likely N-dealkylation sites (tertiary alicyclic amines) is 1. The quantitative estimate of drug-likeness (QED) is 0.562. The van der Waals surface area contributed by atoms with Crippen LogP contribution < -0.4 is 10.1 Å². The largest absolute Gasteiger partial charge is 0.482 e. The smallest absolute Gasteiger partial charge is 0.410 e. The van der Waals surface area contributed by atoms with Crippen LogP contribution in [0.5, 0.6) is 5.75 Å². The van der Waals surface area contributed by atoms with Gasteiger partial charge in [-0.3, -0.25) is 4.79 Å². The van der Waals surface area contributed by atoms with Gasteiger partial charge in [0.2, 0.25) is 0 Å². The molecule has 0 radical (unpaired) electrons. The van der Waals surface area contributed by atoms with Crippen molar-refractivity contribution in [3.63, 3.8) is 0 Å². The molecule has 2 heterocycles. The topological polar surface area (TPSA) is 71.1 Å². The van der Waals surface area contributed by atoms with Crippen LogP contribution in [0.25, 0.3) is 5.57 Å². The molecule has 0 unspecified atom stereocenters. The van der Waals surface area contributed by atoms with Gasteiger partial charge in [0.05, 0.1) is 0 Å². The predicted octanol–water partition coefficient (Wildman–Crippen LogP) is 4.96. The summed E-state index contributed by atoms with van der Waals surface area (Å²) in [6.07, 6.45) is 4.19. The molecule has 0 atom stereocenters. The van der Waals surface area contributed by atoms with E-state index in [0.29, 0.717) is 38.0 Å². The predicted molar refractivity (Wildman–Crippen MR) is 146 cm³/mol. The molecular weight excluding hydrogens is 466 g/mol. The molecule has 0 aromatic heterocycles. The molecule has 4 rings (SSSR count). The van der Waals surface area contributed by atoms with Crippen LogP contribution in [0.1, 0.15) is 61.5 Å². The van der Waals surface area contributed by atoms with Crippen molar-refractivity contribution >= 4 is 17.6 Å². The number of piperidine rings is 1. The molecule has 198 valence electrons. The highest BCUT2D eigenvalue weighted by molar-refractivity contribution is 5.95. The number of para-hydroxylation sites is 1. The second-order valence-corrected chi connectivity index (χ2v) is 11.2. The van der Waals surface area contributed by atoms with Crippen LogP contribution >= 0.6 is 0 Å². The highest BCUT2D eigenvalue weighted by Gasteiger charge is 2.40. The summed E-state index contributed by atoms with van der Waals surface area (Å²) in [4.78, 5) is 29.0. The Morgan fingerprint density at radius 1 is 1.05 bits per heavy atom. The van der Waals surface area contributed by atoms with Crippen LogP contribution in [0.2, 0.25) is 0 Å². The normalized spacial score (nSPS) is 16.6. The third kappa shape index (κ3) is 6.72. The first-order valence-electron chi connectivity index (χ1n) is 13.1. The lowest BCUT2D eigenvalue weighted by atomic mass is 9.83. The summed E-state index contributed by atoms with van der Waals surface area (Å²) in [6, 6.07) is 15.8. The summed E-state index contributed by atoms with van der Waals surface area (Å²) in [5.41, 5.74) is 2.79. The molecule has 2 aromatic carbocycles. The number of hydrogen-bond donors (Lipinski definition) is 1.